The van der Waals surface area contributed by atoms with E-state index in [0.29, 0.717) is 0 Å². The topological polar surface area (TPSA) is 0 Å². The van der Waals surface area contributed by atoms with E-state index in [9.17, 15) is 0 Å². The van der Waals surface area contributed by atoms with Crippen LogP contribution in [0.4, 0.5) is 0 Å². The van der Waals surface area contributed by atoms with Crippen LogP contribution in [0.15, 0.2) is 54.1 Å². The molecular weight excluding hydrogens is 300 g/mol. The third kappa shape index (κ3) is 1.94. The molecule has 2 aromatic carbocycles. The standard InChI is InChI=1S/C25H30/c1-7-17(2)14-18-12-13-20-19-10-8-9-11-21(19)25(22(20)15-18)23(3,4)16-24(25,5)6/h7-13,15H,14,16H2,1-6H3/b17-7+. The monoisotopic (exact) mass is 330 g/mol. The minimum atomic E-state index is 0.131. The van der Waals surface area contributed by atoms with Gasteiger partial charge in [-0.3, -0.25) is 0 Å². The molecule has 2 aliphatic carbocycles. The molecule has 1 fully saturated rings. The summed E-state index contributed by atoms with van der Waals surface area (Å²) in [7, 11) is 0. The molecule has 0 aromatic heterocycles. The van der Waals surface area contributed by atoms with E-state index in [0.717, 1.165) is 6.42 Å². The molecule has 1 spiro atoms. The number of benzene rings is 2. The Balaban J connectivity index is 2.00. The van der Waals surface area contributed by atoms with E-state index in [2.05, 4.69) is 90.1 Å². The maximum atomic E-state index is 2.52. The van der Waals surface area contributed by atoms with Gasteiger partial charge in [0.05, 0.1) is 0 Å². The van der Waals surface area contributed by atoms with E-state index in [-0.39, 0.29) is 16.2 Å². The van der Waals surface area contributed by atoms with Crippen molar-refractivity contribution in [2.45, 2.75) is 59.8 Å². The van der Waals surface area contributed by atoms with Crippen LogP contribution in [0.1, 0.15) is 64.7 Å². The van der Waals surface area contributed by atoms with Crippen molar-refractivity contribution < 1.29 is 0 Å². The van der Waals surface area contributed by atoms with Crippen LogP contribution >= 0.6 is 0 Å². The fraction of sp³-hybridized carbons (Fsp3) is 0.440. The Morgan fingerprint density at radius 1 is 0.920 bits per heavy atom. The summed E-state index contributed by atoms with van der Waals surface area (Å²) in [5.41, 5.74) is 9.61. The van der Waals surface area contributed by atoms with Crippen LogP contribution in [-0.2, 0) is 11.8 Å². The van der Waals surface area contributed by atoms with E-state index in [1.54, 1.807) is 11.1 Å². The van der Waals surface area contributed by atoms with E-state index < -0.39 is 0 Å². The molecule has 0 heterocycles. The molecule has 25 heavy (non-hydrogen) atoms. The van der Waals surface area contributed by atoms with Crippen molar-refractivity contribution in [3.63, 3.8) is 0 Å². The van der Waals surface area contributed by atoms with Crippen LogP contribution in [0, 0.1) is 10.8 Å². The summed E-state index contributed by atoms with van der Waals surface area (Å²) in [6, 6.07) is 16.4. The second-order valence-electron chi connectivity index (χ2n) is 9.43. The van der Waals surface area contributed by atoms with Gasteiger partial charge in [0.25, 0.3) is 0 Å². The zero-order valence-corrected chi connectivity index (χ0v) is 16.5. The van der Waals surface area contributed by atoms with Crippen molar-refractivity contribution in [2.24, 2.45) is 10.8 Å². The summed E-state index contributed by atoms with van der Waals surface area (Å²) >= 11 is 0. The number of hydrogen-bond donors (Lipinski definition) is 0. The van der Waals surface area contributed by atoms with Crippen LogP contribution in [-0.4, -0.2) is 0 Å². The van der Waals surface area contributed by atoms with Crippen molar-refractivity contribution in [1.82, 2.24) is 0 Å². The molecule has 1 saturated carbocycles. The Hall–Kier alpha value is -1.82. The summed E-state index contributed by atoms with van der Waals surface area (Å²) in [5.74, 6) is 0. The normalized spacial score (nSPS) is 21.6. The van der Waals surface area contributed by atoms with Gasteiger partial charge in [-0.15, -0.1) is 0 Å². The van der Waals surface area contributed by atoms with Crippen LogP contribution in [0.5, 0.6) is 0 Å². The van der Waals surface area contributed by atoms with E-state index in [1.807, 2.05) is 0 Å². The lowest BCUT2D eigenvalue weighted by atomic mass is 9.36. The molecule has 0 bridgehead atoms. The Morgan fingerprint density at radius 2 is 1.56 bits per heavy atom. The summed E-state index contributed by atoms with van der Waals surface area (Å²) in [6.45, 7) is 14.2. The summed E-state index contributed by atoms with van der Waals surface area (Å²) in [5, 5.41) is 0. The largest absolute Gasteiger partial charge is 0.0884 e. The molecule has 2 aliphatic rings. The summed E-state index contributed by atoms with van der Waals surface area (Å²) < 4.78 is 0. The molecular formula is C25H30. The van der Waals surface area contributed by atoms with Crippen LogP contribution in [0.2, 0.25) is 0 Å². The molecule has 2 aromatic rings. The Labute approximate surface area is 153 Å². The van der Waals surface area contributed by atoms with Crippen LogP contribution in [0.3, 0.4) is 0 Å². The lowest BCUT2D eigenvalue weighted by molar-refractivity contribution is -0.0858. The van der Waals surface area contributed by atoms with Crippen LogP contribution < -0.4 is 0 Å². The third-order valence-electron chi connectivity index (χ3n) is 7.00. The van der Waals surface area contributed by atoms with Gasteiger partial charge in [0.2, 0.25) is 0 Å². The molecule has 0 N–H and O–H groups in total. The Bertz CT molecular complexity index is 863. The van der Waals surface area contributed by atoms with Gasteiger partial charge in [-0.25, -0.2) is 0 Å². The second kappa shape index (κ2) is 5.10. The molecule has 0 unspecified atom stereocenters. The van der Waals surface area contributed by atoms with Crippen molar-refractivity contribution >= 4 is 0 Å². The quantitative estimate of drug-likeness (QED) is 0.524. The first-order valence-electron chi connectivity index (χ1n) is 9.60. The highest BCUT2D eigenvalue weighted by Gasteiger charge is 2.69. The molecule has 0 radical (unpaired) electrons. The molecule has 0 heteroatoms. The first-order valence-corrected chi connectivity index (χ1v) is 9.60. The van der Waals surface area contributed by atoms with Crippen molar-refractivity contribution in [2.75, 3.05) is 0 Å². The number of hydrogen-bond acceptors (Lipinski definition) is 0. The number of rotatable bonds is 2. The highest BCUT2D eigenvalue weighted by molar-refractivity contribution is 5.83. The van der Waals surface area contributed by atoms with Gasteiger partial charge in [-0.2, -0.15) is 0 Å². The van der Waals surface area contributed by atoms with Gasteiger partial charge in [0.1, 0.15) is 0 Å². The molecule has 0 atom stereocenters. The number of allylic oxidation sites excluding steroid dienone is 2. The first kappa shape index (κ1) is 16.6. The predicted octanol–water partition coefficient (Wildman–Crippen LogP) is 6.92. The summed E-state index contributed by atoms with van der Waals surface area (Å²) in [4.78, 5) is 0. The lowest BCUT2D eigenvalue weighted by Crippen LogP contribution is -2.63. The second-order valence-corrected chi connectivity index (χ2v) is 9.43. The molecule has 0 amide bonds. The highest BCUT2D eigenvalue weighted by Crippen LogP contribution is 2.75. The Morgan fingerprint density at radius 3 is 2.20 bits per heavy atom. The van der Waals surface area contributed by atoms with E-state index in [4.69, 9.17) is 0 Å². The van der Waals surface area contributed by atoms with Crippen LogP contribution in [0.25, 0.3) is 11.1 Å². The van der Waals surface area contributed by atoms with Gasteiger partial charge in [-0.1, -0.05) is 81.8 Å². The van der Waals surface area contributed by atoms with Crippen molar-refractivity contribution in [3.8, 4) is 11.1 Å². The third-order valence-corrected chi connectivity index (χ3v) is 7.00. The zero-order chi connectivity index (χ0) is 18.0. The first-order chi connectivity index (χ1) is 11.7. The minimum Gasteiger partial charge on any atom is -0.0884 e. The molecule has 4 rings (SSSR count). The Kier molecular flexibility index (Phi) is 3.39. The lowest BCUT2D eigenvalue weighted by Gasteiger charge is -2.67. The summed E-state index contributed by atoms with van der Waals surface area (Å²) in [6.07, 6.45) is 4.55. The van der Waals surface area contributed by atoms with Gasteiger partial charge in [0.15, 0.2) is 0 Å². The highest BCUT2D eigenvalue weighted by atomic mass is 14.7. The predicted molar refractivity (Wildman–Crippen MR) is 108 cm³/mol. The molecule has 130 valence electrons. The minimum absolute atomic E-state index is 0.131. The van der Waals surface area contributed by atoms with Gasteiger partial charge in [-0.05, 0) is 65.3 Å². The molecule has 0 saturated heterocycles. The van der Waals surface area contributed by atoms with Crippen molar-refractivity contribution in [3.05, 3.63) is 70.8 Å². The smallest absolute Gasteiger partial charge is 0.0317 e. The maximum absolute atomic E-state index is 2.52. The molecule has 0 aliphatic heterocycles. The van der Waals surface area contributed by atoms with Gasteiger partial charge >= 0.3 is 0 Å². The SMILES string of the molecule is C/C=C(\C)Cc1ccc2c(c1)C1(c3ccccc3-2)C(C)(C)CC1(C)C. The zero-order valence-electron chi connectivity index (χ0n) is 16.5. The number of fused-ring (bicyclic) bond motifs is 5. The fourth-order valence-corrected chi connectivity index (χ4v) is 6.50. The van der Waals surface area contributed by atoms with Gasteiger partial charge < -0.3 is 0 Å². The van der Waals surface area contributed by atoms with E-state index >= 15 is 0 Å². The average molecular weight is 331 g/mol. The maximum Gasteiger partial charge on any atom is 0.0317 e. The fourth-order valence-electron chi connectivity index (χ4n) is 6.50. The average Bonchev–Trinajstić information content (AvgIpc) is 2.86. The van der Waals surface area contributed by atoms with Crippen molar-refractivity contribution in [1.29, 1.82) is 0 Å². The van der Waals surface area contributed by atoms with Gasteiger partial charge in [0, 0.05) is 5.41 Å². The molecule has 0 nitrogen and oxygen atoms in total. The van der Waals surface area contributed by atoms with E-state index in [1.165, 1.54) is 28.7 Å².